The molecule has 4 rings (SSSR count). The fourth-order valence-electron chi connectivity index (χ4n) is 4.70. The van der Waals surface area contributed by atoms with Crippen LogP contribution in [0.2, 0.25) is 0 Å². The Hall–Kier alpha value is -2.87. The second kappa shape index (κ2) is 8.10. The van der Waals surface area contributed by atoms with Crippen LogP contribution in [-0.2, 0) is 16.0 Å². The monoisotopic (exact) mass is 398 g/mol. The molecular formula is C28H30O2. The molecule has 0 heterocycles. The van der Waals surface area contributed by atoms with Crippen LogP contribution in [0.3, 0.4) is 0 Å². The Morgan fingerprint density at radius 1 is 0.800 bits per heavy atom. The molecule has 2 heteroatoms. The van der Waals surface area contributed by atoms with Crippen LogP contribution in [-0.4, -0.2) is 12.6 Å². The number of rotatable bonds is 7. The normalized spacial score (nSPS) is 11.6. The van der Waals surface area contributed by atoms with Crippen molar-refractivity contribution in [2.75, 3.05) is 6.61 Å². The van der Waals surface area contributed by atoms with Gasteiger partial charge in [0, 0.05) is 5.57 Å². The molecule has 0 atom stereocenters. The summed E-state index contributed by atoms with van der Waals surface area (Å²) < 4.78 is 5.20. The number of hydrogen-bond acceptors (Lipinski definition) is 2. The molecule has 4 aromatic rings. The molecule has 4 aromatic carbocycles. The van der Waals surface area contributed by atoms with E-state index in [2.05, 4.69) is 63.7 Å². The summed E-state index contributed by atoms with van der Waals surface area (Å²) in [5, 5.41) is 8.32. The largest absolute Gasteiger partial charge is 0.462 e. The van der Waals surface area contributed by atoms with Gasteiger partial charge in [-0.2, -0.15) is 0 Å². The maximum atomic E-state index is 11.5. The highest BCUT2D eigenvalue weighted by Crippen LogP contribution is 2.40. The molecule has 30 heavy (non-hydrogen) atoms. The summed E-state index contributed by atoms with van der Waals surface area (Å²) in [7, 11) is 0. The summed E-state index contributed by atoms with van der Waals surface area (Å²) in [6.07, 6.45) is 4.07. The van der Waals surface area contributed by atoms with Crippen LogP contribution in [0, 0.1) is 20.8 Å². The minimum atomic E-state index is -0.289. The summed E-state index contributed by atoms with van der Waals surface area (Å²) in [6.45, 7) is 12.4. The van der Waals surface area contributed by atoms with Crippen LogP contribution in [0.1, 0.15) is 48.4 Å². The van der Waals surface area contributed by atoms with E-state index < -0.39 is 0 Å². The van der Waals surface area contributed by atoms with Gasteiger partial charge < -0.3 is 4.74 Å². The first kappa shape index (κ1) is 20.4. The Kier molecular flexibility index (Phi) is 5.51. The first-order chi connectivity index (χ1) is 14.4. The van der Waals surface area contributed by atoms with Gasteiger partial charge in [0.2, 0.25) is 0 Å². The topological polar surface area (TPSA) is 26.3 Å². The average Bonchev–Trinajstić information content (AvgIpc) is 2.72. The highest BCUT2D eigenvalue weighted by Gasteiger charge is 2.15. The lowest BCUT2D eigenvalue weighted by Crippen LogP contribution is -2.06. The number of carbonyl (C=O) groups excluding carboxylic acids is 1. The lowest BCUT2D eigenvalue weighted by molar-refractivity contribution is -0.139. The number of aryl methyl sites for hydroxylation is 4. The average molecular weight is 399 g/mol. The van der Waals surface area contributed by atoms with Crippen molar-refractivity contribution in [3.8, 4) is 0 Å². The summed E-state index contributed by atoms with van der Waals surface area (Å²) in [6, 6.07) is 13.9. The molecule has 0 radical (unpaired) electrons. The van der Waals surface area contributed by atoms with Crippen molar-refractivity contribution in [1.29, 1.82) is 0 Å². The van der Waals surface area contributed by atoms with Gasteiger partial charge in [0.1, 0.15) is 0 Å². The number of esters is 1. The maximum absolute atomic E-state index is 11.5. The third-order valence-electron chi connectivity index (χ3n) is 6.28. The highest BCUT2D eigenvalue weighted by molar-refractivity contribution is 6.25. The molecule has 0 aromatic heterocycles. The Morgan fingerprint density at radius 3 is 2.13 bits per heavy atom. The smallest absolute Gasteiger partial charge is 0.333 e. The van der Waals surface area contributed by atoms with Crippen LogP contribution < -0.4 is 0 Å². The standard InChI is InChI=1S/C28H30O2/c1-17(2)28(29)30-14-8-6-7-9-21-10-11-22-20(5)16-25-19(4)15-18(3)23-12-13-24(21)26(22)27(23)25/h10-13,15-16H,1,6-9,14H2,2-5H3. The van der Waals surface area contributed by atoms with E-state index in [-0.39, 0.29) is 5.97 Å². The van der Waals surface area contributed by atoms with Crippen molar-refractivity contribution in [2.24, 2.45) is 0 Å². The third-order valence-corrected chi connectivity index (χ3v) is 6.28. The second-order valence-electron chi connectivity index (χ2n) is 8.66. The lowest BCUT2D eigenvalue weighted by Gasteiger charge is -2.18. The fourth-order valence-corrected chi connectivity index (χ4v) is 4.70. The molecule has 0 saturated carbocycles. The van der Waals surface area contributed by atoms with E-state index in [9.17, 15) is 4.79 Å². The SMILES string of the molecule is C=C(C)C(=O)OCCCCCc1ccc2c(C)cc3c(C)cc(C)c4ccc1c2c43. The minimum absolute atomic E-state index is 0.289. The van der Waals surface area contributed by atoms with Crippen LogP contribution in [0.15, 0.2) is 48.6 Å². The molecule has 0 unspecified atom stereocenters. The van der Waals surface area contributed by atoms with Crippen molar-refractivity contribution in [1.82, 2.24) is 0 Å². The number of carbonyl (C=O) groups is 1. The molecular weight excluding hydrogens is 368 g/mol. The molecule has 0 aliphatic heterocycles. The van der Waals surface area contributed by atoms with Crippen LogP contribution in [0.5, 0.6) is 0 Å². The first-order valence-corrected chi connectivity index (χ1v) is 10.9. The van der Waals surface area contributed by atoms with Gasteiger partial charge in [-0.15, -0.1) is 0 Å². The lowest BCUT2D eigenvalue weighted by atomic mass is 9.86. The predicted molar refractivity (Wildman–Crippen MR) is 128 cm³/mol. The quantitative estimate of drug-likeness (QED) is 0.141. The minimum Gasteiger partial charge on any atom is -0.462 e. The molecule has 0 aliphatic rings. The molecule has 154 valence electrons. The molecule has 0 amide bonds. The van der Waals surface area contributed by atoms with Gasteiger partial charge in [0.25, 0.3) is 0 Å². The van der Waals surface area contributed by atoms with Gasteiger partial charge in [0.05, 0.1) is 6.61 Å². The first-order valence-electron chi connectivity index (χ1n) is 10.9. The summed E-state index contributed by atoms with van der Waals surface area (Å²) in [4.78, 5) is 11.5. The van der Waals surface area contributed by atoms with Gasteiger partial charge in [-0.25, -0.2) is 4.79 Å². The van der Waals surface area contributed by atoms with E-state index in [0.717, 1.165) is 25.7 Å². The Bertz CT molecular complexity index is 1260. The number of hydrogen-bond donors (Lipinski definition) is 0. The van der Waals surface area contributed by atoms with Crippen molar-refractivity contribution in [3.05, 3.63) is 70.8 Å². The Balaban J connectivity index is 1.61. The summed E-state index contributed by atoms with van der Waals surface area (Å²) >= 11 is 0. The van der Waals surface area contributed by atoms with Gasteiger partial charge in [0.15, 0.2) is 0 Å². The molecule has 0 aliphatic carbocycles. The fraction of sp³-hybridized carbons (Fsp3) is 0.321. The van der Waals surface area contributed by atoms with Crippen molar-refractivity contribution >= 4 is 38.3 Å². The predicted octanol–water partition coefficient (Wildman–Crippen LogP) is 7.34. The van der Waals surface area contributed by atoms with E-state index in [0.29, 0.717) is 12.2 Å². The molecule has 0 fully saturated rings. The molecule has 0 N–H and O–H groups in total. The summed E-state index contributed by atoms with van der Waals surface area (Å²) in [5.41, 5.74) is 5.92. The van der Waals surface area contributed by atoms with E-state index in [1.165, 1.54) is 54.6 Å². The zero-order chi connectivity index (χ0) is 21.4. The number of benzene rings is 4. The Labute approximate surface area is 178 Å². The van der Waals surface area contributed by atoms with Crippen molar-refractivity contribution in [2.45, 2.75) is 53.4 Å². The van der Waals surface area contributed by atoms with E-state index in [1.54, 1.807) is 6.92 Å². The summed E-state index contributed by atoms with van der Waals surface area (Å²) in [5.74, 6) is -0.289. The van der Waals surface area contributed by atoms with Crippen molar-refractivity contribution < 1.29 is 9.53 Å². The van der Waals surface area contributed by atoms with Crippen LogP contribution in [0.25, 0.3) is 32.3 Å². The van der Waals surface area contributed by atoms with Gasteiger partial charge in [-0.1, -0.05) is 43.0 Å². The molecule has 0 bridgehead atoms. The third kappa shape index (κ3) is 3.56. The van der Waals surface area contributed by atoms with Gasteiger partial charge in [-0.05, 0) is 108 Å². The number of ether oxygens (including phenoxy) is 1. The van der Waals surface area contributed by atoms with E-state index >= 15 is 0 Å². The number of unbranched alkanes of at least 4 members (excludes halogenated alkanes) is 2. The van der Waals surface area contributed by atoms with Crippen molar-refractivity contribution in [3.63, 3.8) is 0 Å². The zero-order valence-electron chi connectivity index (χ0n) is 18.5. The van der Waals surface area contributed by atoms with Crippen LogP contribution in [0.4, 0.5) is 0 Å². The highest BCUT2D eigenvalue weighted by atomic mass is 16.5. The molecule has 2 nitrogen and oxygen atoms in total. The molecule has 0 spiro atoms. The maximum Gasteiger partial charge on any atom is 0.333 e. The Morgan fingerprint density at radius 2 is 1.40 bits per heavy atom. The zero-order valence-corrected chi connectivity index (χ0v) is 18.5. The molecule has 0 saturated heterocycles. The van der Waals surface area contributed by atoms with Gasteiger partial charge in [-0.3, -0.25) is 0 Å². The van der Waals surface area contributed by atoms with E-state index in [4.69, 9.17) is 4.74 Å². The van der Waals surface area contributed by atoms with Gasteiger partial charge >= 0.3 is 5.97 Å². The second-order valence-corrected chi connectivity index (χ2v) is 8.66. The van der Waals surface area contributed by atoms with E-state index in [1.807, 2.05) is 0 Å². The van der Waals surface area contributed by atoms with Crippen LogP contribution >= 0.6 is 0 Å².